The van der Waals surface area contributed by atoms with Crippen molar-refractivity contribution in [3.8, 4) is 0 Å². The van der Waals surface area contributed by atoms with Crippen LogP contribution in [0.2, 0.25) is 0 Å². The molecule has 0 N–H and O–H groups in total. The highest BCUT2D eigenvalue weighted by Gasteiger charge is 2.45. The lowest BCUT2D eigenvalue weighted by atomic mass is 10.1. The largest absolute Gasteiger partial charge is 0.372 e. The van der Waals surface area contributed by atoms with Crippen LogP contribution in [-0.2, 0) is 16.1 Å². The Balaban J connectivity index is 1.42. The second-order valence-corrected chi connectivity index (χ2v) is 6.31. The van der Waals surface area contributed by atoms with E-state index in [1.165, 1.54) is 6.20 Å². The van der Waals surface area contributed by atoms with E-state index in [0.29, 0.717) is 25.3 Å². The van der Waals surface area contributed by atoms with Crippen molar-refractivity contribution in [1.29, 1.82) is 0 Å². The van der Waals surface area contributed by atoms with Gasteiger partial charge in [-0.25, -0.2) is 0 Å². The third-order valence-electron chi connectivity index (χ3n) is 4.84. The van der Waals surface area contributed by atoms with Gasteiger partial charge in [-0.1, -0.05) is 0 Å². The van der Waals surface area contributed by atoms with Crippen LogP contribution in [0, 0.1) is 0 Å². The highest BCUT2D eigenvalue weighted by molar-refractivity contribution is 5.94. The molecule has 7 nitrogen and oxygen atoms in total. The molecule has 1 saturated heterocycles. The highest BCUT2D eigenvalue weighted by Crippen LogP contribution is 2.33. The fourth-order valence-electron chi connectivity index (χ4n) is 3.61. The summed E-state index contributed by atoms with van der Waals surface area (Å²) in [6.07, 6.45) is 8.28. The molecule has 1 aliphatic carbocycles. The molecule has 1 amide bonds. The van der Waals surface area contributed by atoms with Gasteiger partial charge in [0.2, 0.25) is 0 Å². The van der Waals surface area contributed by atoms with Gasteiger partial charge in [0.1, 0.15) is 6.10 Å². The van der Waals surface area contributed by atoms with E-state index in [1.807, 2.05) is 17.0 Å². The smallest absolute Gasteiger partial charge is 0.255 e. The maximum atomic E-state index is 12.8. The van der Waals surface area contributed by atoms with Crippen molar-refractivity contribution in [2.24, 2.45) is 0 Å². The van der Waals surface area contributed by atoms with Crippen LogP contribution in [0.4, 0.5) is 0 Å². The highest BCUT2D eigenvalue weighted by atomic mass is 16.5. The van der Waals surface area contributed by atoms with Crippen molar-refractivity contribution < 1.29 is 14.3 Å². The molecule has 1 saturated carbocycles. The van der Waals surface area contributed by atoms with Gasteiger partial charge >= 0.3 is 0 Å². The zero-order valence-corrected chi connectivity index (χ0v) is 13.8. The summed E-state index contributed by atoms with van der Waals surface area (Å²) >= 11 is 0. The van der Waals surface area contributed by atoms with Crippen molar-refractivity contribution in [2.75, 3.05) is 13.2 Å². The van der Waals surface area contributed by atoms with Crippen molar-refractivity contribution in [3.63, 3.8) is 0 Å². The minimum absolute atomic E-state index is 0.00401. The summed E-state index contributed by atoms with van der Waals surface area (Å²) in [5.74, 6) is -0.0111. The Bertz CT molecular complexity index is 713. The third-order valence-corrected chi connectivity index (χ3v) is 4.84. The maximum absolute atomic E-state index is 12.8. The van der Waals surface area contributed by atoms with Gasteiger partial charge in [-0.3, -0.25) is 9.78 Å². The van der Waals surface area contributed by atoms with Crippen molar-refractivity contribution in [2.45, 2.75) is 37.7 Å². The number of pyridine rings is 1. The van der Waals surface area contributed by atoms with E-state index < -0.39 is 0 Å². The van der Waals surface area contributed by atoms with E-state index >= 15 is 0 Å². The zero-order valence-electron chi connectivity index (χ0n) is 13.8. The monoisotopic (exact) mass is 340 g/mol. The van der Waals surface area contributed by atoms with Crippen LogP contribution in [-0.4, -0.2) is 57.4 Å². The Labute approximate surface area is 146 Å². The number of fused-ring (bicyclic) bond motifs is 1. The zero-order chi connectivity index (χ0) is 17.1. The van der Waals surface area contributed by atoms with E-state index in [4.69, 9.17) is 9.47 Å². The topological polar surface area (TPSA) is 77.4 Å². The summed E-state index contributed by atoms with van der Waals surface area (Å²) in [5, 5.41) is 7.54. The van der Waals surface area contributed by atoms with Gasteiger partial charge in [-0.2, -0.15) is 10.2 Å². The fraction of sp³-hybridized carbons (Fsp3) is 0.444. The van der Waals surface area contributed by atoms with Crippen LogP contribution in [0.15, 0.2) is 43.0 Å². The normalized spacial score (nSPS) is 25.6. The average molecular weight is 340 g/mol. The lowest BCUT2D eigenvalue weighted by Crippen LogP contribution is -2.53. The van der Waals surface area contributed by atoms with E-state index in [2.05, 4.69) is 15.2 Å². The molecule has 0 radical (unpaired) electrons. The van der Waals surface area contributed by atoms with Gasteiger partial charge in [0.15, 0.2) is 0 Å². The molecule has 2 aliphatic rings. The van der Waals surface area contributed by atoms with Gasteiger partial charge in [-0.15, -0.1) is 0 Å². The first kappa shape index (κ1) is 16.1. The summed E-state index contributed by atoms with van der Waals surface area (Å²) in [6.45, 7) is 1.65. The van der Waals surface area contributed by atoms with Crippen molar-refractivity contribution in [1.82, 2.24) is 20.1 Å². The van der Waals surface area contributed by atoms with Crippen LogP contribution in [0.1, 0.15) is 28.8 Å². The fourth-order valence-corrected chi connectivity index (χ4v) is 3.61. The van der Waals surface area contributed by atoms with E-state index in [-0.39, 0.29) is 24.2 Å². The summed E-state index contributed by atoms with van der Waals surface area (Å²) in [6, 6.07) is 5.64. The molecule has 0 unspecified atom stereocenters. The molecule has 0 aromatic carbocycles. The molecule has 25 heavy (non-hydrogen) atoms. The number of morpholine rings is 1. The lowest BCUT2D eigenvalue weighted by molar-refractivity contribution is -0.108. The SMILES string of the molecule is O=C(c1ccnnc1)N1CCO[C@@H]2[C@H]1CC[C@H]2OCc1ccncc1. The van der Waals surface area contributed by atoms with Gasteiger partial charge in [0, 0.05) is 18.9 Å². The summed E-state index contributed by atoms with van der Waals surface area (Å²) < 4.78 is 12.0. The van der Waals surface area contributed by atoms with Gasteiger partial charge in [0.05, 0.1) is 43.3 Å². The number of carbonyl (C=O) groups is 1. The number of aromatic nitrogens is 3. The number of ether oxygens (including phenoxy) is 2. The molecule has 2 aromatic heterocycles. The first-order valence-corrected chi connectivity index (χ1v) is 8.53. The number of hydrogen-bond acceptors (Lipinski definition) is 6. The molecule has 7 heteroatoms. The van der Waals surface area contributed by atoms with Crippen LogP contribution in [0.25, 0.3) is 0 Å². The van der Waals surface area contributed by atoms with Crippen LogP contribution >= 0.6 is 0 Å². The van der Waals surface area contributed by atoms with E-state index in [1.54, 1.807) is 24.7 Å². The standard InChI is InChI=1S/C18H20N4O3/c23-18(14-5-8-20-21-11-14)22-9-10-24-17-15(22)1-2-16(17)25-12-13-3-6-19-7-4-13/h3-8,11,15-17H,1-2,9-10,12H2/t15-,16-,17-/m1/s1. The summed E-state index contributed by atoms with van der Waals surface area (Å²) in [5.41, 5.74) is 1.65. The lowest BCUT2D eigenvalue weighted by Gasteiger charge is -2.39. The number of amides is 1. The maximum Gasteiger partial charge on any atom is 0.255 e. The molecular weight excluding hydrogens is 320 g/mol. The van der Waals surface area contributed by atoms with Crippen LogP contribution in [0.3, 0.4) is 0 Å². The average Bonchev–Trinajstić information content (AvgIpc) is 3.10. The Kier molecular flexibility index (Phi) is 4.67. The predicted molar refractivity (Wildman–Crippen MR) is 88.6 cm³/mol. The third kappa shape index (κ3) is 3.38. The summed E-state index contributed by atoms with van der Waals surface area (Å²) in [7, 11) is 0. The van der Waals surface area contributed by atoms with Gasteiger partial charge in [0.25, 0.3) is 5.91 Å². The number of rotatable bonds is 4. The van der Waals surface area contributed by atoms with Crippen molar-refractivity contribution in [3.05, 3.63) is 54.1 Å². The Hall–Kier alpha value is -2.38. The van der Waals surface area contributed by atoms with E-state index in [9.17, 15) is 4.79 Å². The number of hydrogen-bond donors (Lipinski definition) is 0. The van der Waals surface area contributed by atoms with E-state index in [0.717, 1.165) is 18.4 Å². The molecule has 1 aliphatic heterocycles. The molecular formula is C18H20N4O3. The molecule has 130 valence electrons. The molecule has 0 spiro atoms. The molecule has 4 rings (SSSR count). The van der Waals surface area contributed by atoms with Crippen LogP contribution < -0.4 is 0 Å². The quantitative estimate of drug-likeness (QED) is 0.839. The second-order valence-electron chi connectivity index (χ2n) is 6.31. The molecule has 3 heterocycles. The minimum Gasteiger partial charge on any atom is -0.372 e. The number of carbonyl (C=O) groups excluding carboxylic acids is 1. The minimum atomic E-state index is -0.0747. The Morgan fingerprint density at radius 2 is 2.08 bits per heavy atom. The number of nitrogens with zero attached hydrogens (tertiary/aromatic N) is 4. The summed E-state index contributed by atoms with van der Waals surface area (Å²) in [4.78, 5) is 18.7. The predicted octanol–water partition coefficient (Wildman–Crippen LogP) is 1.46. The van der Waals surface area contributed by atoms with Gasteiger partial charge in [-0.05, 0) is 36.6 Å². The van der Waals surface area contributed by atoms with Gasteiger partial charge < -0.3 is 14.4 Å². The molecule has 3 atom stereocenters. The Morgan fingerprint density at radius 1 is 1.20 bits per heavy atom. The first-order chi connectivity index (χ1) is 12.3. The second kappa shape index (κ2) is 7.25. The first-order valence-electron chi connectivity index (χ1n) is 8.53. The molecule has 2 fully saturated rings. The van der Waals surface area contributed by atoms with Crippen LogP contribution in [0.5, 0.6) is 0 Å². The Morgan fingerprint density at radius 3 is 2.88 bits per heavy atom. The van der Waals surface area contributed by atoms with Crippen molar-refractivity contribution >= 4 is 5.91 Å². The molecule has 0 bridgehead atoms. The molecule has 2 aromatic rings.